The van der Waals surface area contributed by atoms with Gasteiger partial charge in [-0.1, -0.05) is 13.8 Å². The number of nitrogens with zero attached hydrogens (tertiary/aromatic N) is 1. The maximum absolute atomic E-state index is 5.84. The van der Waals surface area contributed by atoms with Crippen LogP contribution in [0.25, 0.3) is 0 Å². The van der Waals surface area contributed by atoms with Gasteiger partial charge in [-0.2, -0.15) is 0 Å². The lowest BCUT2D eigenvalue weighted by molar-refractivity contribution is 0.122. The molecule has 0 aliphatic carbocycles. The van der Waals surface area contributed by atoms with Crippen LogP contribution in [0.5, 0.6) is 11.5 Å². The summed E-state index contributed by atoms with van der Waals surface area (Å²) < 4.78 is 11.4. The Morgan fingerprint density at radius 3 is 2.05 bits per heavy atom. The van der Waals surface area contributed by atoms with Crippen molar-refractivity contribution in [1.29, 1.82) is 0 Å². The van der Waals surface area contributed by atoms with E-state index in [4.69, 9.17) is 9.47 Å². The Labute approximate surface area is 128 Å². The van der Waals surface area contributed by atoms with Crippen LogP contribution in [0.1, 0.15) is 26.7 Å². The van der Waals surface area contributed by atoms with Crippen molar-refractivity contribution in [1.82, 2.24) is 10.2 Å². The van der Waals surface area contributed by atoms with E-state index < -0.39 is 0 Å². The number of hydrogen-bond acceptors (Lipinski definition) is 4. The minimum absolute atomic E-state index is 0.693. The Balaban J connectivity index is 1.71. The molecular weight excluding hydrogens is 264 g/mol. The molecule has 1 saturated heterocycles. The highest BCUT2D eigenvalue weighted by Crippen LogP contribution is 2.18. The maximum Gasteiger partial charge on any atom is 0.119 e. The molecule has 0 saturated carbocycles. The van der Waals surface area contributed by atoms with Crippen LogP contribution in [0.4, 0.5) is 0 Å². The molecule has 1 fully saturated rings. The van der Waals surface area contributed by atoms with Crippen molar-refractivity contribution in [3.63, 3.8) is 0 Å². The molecule has 0 atom stereocenters. The minimum atomic E-state index is 0.693. The minimum Gasteiger partial charge on any atom is -0.494 e. The zero-order valence-corrected chi connectivity index (χ0v) is 13.3. The lowest BCUT2D eigenvalue weighted by atomic mass is 10.1. The summed E-state index contributed by atoms with van der Waals surface area (Å²) in [6.07, 6.45) is 2.22. The summed E-state index contributed by atoms with van der Waals surface area (Å²) >= 11 is 0. The standard InChI is InChI=1S/C17H28N2O2/c1-3-9-19(15-13-18-14-15)10-12-21-17-7-5-16(6-8-17)20-11-4-2/h5-8,15,18H,3-4,9-14H2,1-2H3. The molecule has 2 rings (SSSR count). The zero-order chi connectivity index (χ0) is 14.9. The average molecular weight is 292 g/mol. The molecular formula is C17H28N2O2. The van der Waals surface area contributed by atoms with Gasteiger partial charge in [0.15, 0.2) is 0 Å². The fraction of sp³-hybridized carbons (Fsp3) is 0.647. The summed E-state index contributed by atoms with van der Waals surface area (Å²) in [7, 11) is 0. The van der Waals surface area contributed by atoms with Crippen molar-refractivity contribution in [2.24, 2.45) is 0 Å². The fourth-order valence-corrected chi connectivity index (χ4v) is 2.43. The third kappa shape index (κ3) is 5.21. The highest BCUT2D eigenvalue weighted by molar-refractivity contribution is 5.31. The first kappa shape index (κ1) is 16.1. The van der Waals surface area contributed by atoms with Gasteiger partial charge in [0, 0.05) is 25.7 Å². The van der Waals surface area contributed by atoms with Crippen molar-refractivity contribution in [3.05, 3.63) is 24.3 Å². The van der Waals surface area contributed by atoms with E-state index in [2.05, 4.69) is 24.1 Å². The largest absolute Gasteiger partial charge is 0.494 e. The summed E-state index contributed by atoms with van der Waals surface area (Å²) in [6, 6.07) is 8.62. The normalized spacial score (nSPS) is 15.0. The van der Waals surface area contributed by atoms with E-state index in [1.807, 2.05) is 24.3 Å². The van der Waals surface area contributed by atoms with Gasteiger partial charge in [0.1, 0.15) is 18.1 Å². The molecule has 0 spiro atoms. The first-order valence-corrected chi connectivity index (χ1v) is 8.14. The van der Waals surface area contributed by atoms with Crippen LogP contribution in [0.3, 0.4) is 0 Å². The molecule has 1 heterocycles. The molecule has 4 heteroatoms. The molecule has 0 radical (unpaired) electrons. The Hall–Kier alpha value is -1.26. The Kier molecular flexibility index (Phi) is 6.83. The molecule has 0 amide bonds. The molecule has 21 heavy (non-hydrogen) atoms. The molecule has 4 nitrogen and oxygen atoms in total. The summed E-state index contributed by atoms with van der Waals surface area (Å²) in [4.78, 5) is 2.52. The molecule has 118 valence electrons. The van der Waals surface area contributed by atoms with Crippen molar-refractivity contribution in [2.75, 3.05) is 39.4 Å². The summed E-state index contributed by atoms with van der Waals surface area (Å²) in [6.45, 7) is 10.2. The topological polar surface area (TPSA) is 33.7 Å². The van der Waals surface area contributed by atoms with E-state index in [0.717, 1.165) is 57.3 Å². The highest BCUT2D eigenvalue weighted by Gasteiger charge is 2.23. The van der Waals surface area contributed by atoms with Gasteiger partial charge in [-0.25, -0.2) is 0 Å². The van der Waals surface area contributed by atoms with Gasteiger partial charge in [-0.15, -0.1) is 0 Å². The van der Waals surface area contributed by atoms with Gasteiger partial charge in [-0.05, 0) is 43.7 Å². The second-order valence-electron chi connectivity index (χ2n) is 5.52. The van der Waals surface area contributed by atoms with Gasteiger partial charge in [0.2, 0.25) is 0 Å². The monoisotopic (exact) mass is 292 g/mol. The zero-order valence-electron chi connectivity index (χ0n) is 13.3. The molecule has 0 unspecified atom stereocenters. The van der Waals surface area contributed by atoms with E-state index in [0.29, 0.717) is 6.04 Å². The smallest absolute Gasteiger partial charge is 0.119 e. The Morgan fingerprint density at radius 2 is 1.57 bits per heavy atom. The number of benzene rings is 1. The summed E-state index contributed by atoms with van der Waals surface area (Å²) in [5.74, 6) is 1.83. The maximum atomic E-state index is 5.84. The van der Waals surface area contributed by atoms with Crippen LogP contribution in [0.2, 0.25) is 0 Å². The van der Waals surface area contributed by atoms with Crippen LogP contribution in [-0.4, -0.2) is 50.3 Å². The van der Waals surface area contributed by atoms with Crippen LogP contribution in [0, 0.1) is 0 Å². The predicted octanol–water partition coefficient (Wildman–Crippen LogP) is 2.54. The number of rotatable bonds is 10. The fourth-order valence-electron chi connectivity index (χ4n) is 2.43. The molecule has 0 aromatic heterocycles. The third-order valence-electron chi connectivity index (χ3n) is 3.73. The molecule has 0 bridgehead atoms. The molecule has 1 aromatic rings. The van der Waals surface area contributed by atoms with Gasteiger partial charge >= 0.3 is 0 Å². The quantitative estimate of drug-likeness (QED) is 0.718. The van der Waals surface area contributed by atoms with Gasteiger partial charge < -0.3 is 14.8 Å². The first-order chi connectivity index (χ1) is 10.3. The lowest BCUT2D eigenvalue weighted by Crippen LogP contribution is -2.58. The first-order valence-electron chi connectivity index (χ1n) is 8.14. The average Bonchev–Trinajstić information content (AvgIpc) is 2.45. The van der Waals surface area contributed by atoms with Crippen LogP contribution < -0.4 is 14.8 Å². The highest BCUT2D eigenvalue weighted by atomic mass is 16.5. The Morgan fingerprint density at radius 1 is 0.952 bits per heavy atom. The lowest BCUT2D eigenvalue weighted by Gasteiger charge is -2.38. The van der Waals surface area contributed by atoms with Crippen LogP contribution >= 0.6 is 0 Å². The molecule has 1 aromatic carbocycles. The predicted molar refractivity (Wildman–Crippen MR) is 86.2 cm³/mol. The second kappa shape index (κ2) is 8.90. The van der Waals surface area contributed by atoms with E-state index in [1.54, 1.807) is 0 Å². The third-order valence-corrected chi connectivity index (χ3v) is 3.73. The number of ether oxygens (including phenoxy) is 2. The van der Waals surface area contributed by atoms with E-state index in [1.165, 1.54) is 6.42 Å². The SMILES string of the molecule is CCCOc1ccc(OCCN(CCC)C2CNC2)cc1. The van der Waals surface area contributed by atoms with E-state index in [-0.39, 0.29) is 0 Å². The summed E-state index contributed by atoms with van der Waals surface area (Å²) in [5.41, 5.74) is 0. The van der Waals surface area contributed by atoms with Crippen molar-refractivity contribution in [3.8, 4) is 11.5 Å². The molecule has 1 N–H and O–H groups in total. The molecule has 1 aliphatic rings. The number of nitrogens with one attached hydrogen (secondary N) is 1. The molecule has 1 aliphatic heterocycles. The number of hydrogen-bond donors (Lipinski definition) is 1. The van der Waals surface area contributed by atoms with Gasteiger partial charge in [0.05, 0.1) is 6.61 Å². The van der Waals surface area contributed by atoms with Crippen molar-refractivity contribution in [2.45, 2.75) is 32.7 Å². The second-order valence-corrected chi connectivity index (χ2v) is 5.52. The summed E-state index contributed by atoms with van der Waals surface area (Å²) in [5, 5.41) is 3.33. The van der Waals surface area contributed by atoms with Crippen molar-refractivity contribution >= 4 is 0 Å². The van der Waals surface area contributed by atoms with Gasteiger partial charge in [0.25, 0.3) is 0 Å². The van der Waals surface area contributed by atoms with Crippen LogP contribution in [0.15, 0.2) is 24.3 Å². The van der Waals surface area contributed by atoms with Crippen molar-refractivity contribution < 1.29 is 9.47 Å². The van der Waals surface area contributed by atoms with E-state index in [9.17, 15) is 0 Å². The van der Waals surface area contributed by atoms with Crippen LogP contribution in [-0.2, 0) is 0 Å². The Bertz CT molecular complexity index is 390. The van der Waals surface area contributed by atoms with Gasteiger partial charge in [-0.3, -0.25) is 4.90 Å². The van der Waals surface area contributed by atoms with E-state index >= 15 is 0 Å².